The van der Waals surface area contributed by atoms with Gasteiger partial charge in [0.05, 0.1) is 0 Å². The maximum atomic E-state index is 5.69. The van der Waals surface area contributed by atoms with Gasteiger partial charge >= 0.3 is 0 Å². The molecule has 0 radical (unpaired) electrons. The molecule has 3 atom stereocenters. The van der Waals surface area contributed by atoms with Crippen molar-refractivity contribution in [2.24, 2.45) is 17.6 Å². The Morgan fingerprint density at radius 2 is 1.88 bits per heavy atom. The second-order valence-corrected chi connectivity index (χ2v) is 3.74. The molecule has 1 aliphatic carbocycles. The molecule has 0 aromatic heterocycles. The fraction of sp³-hybridized carbons (Fsp3) is 1.00. The van der Waals surface area contributed by atoms with E-state index in [1.54, 1.807) is 0 Å². The van der Waals surface area contributed by atoms with Crippen molar-refractivity contribution in [2.45, 2.75) is 6.04 Å². The van der Waals surface area contributed by atoms with Crippen LogP contribution in [-0.4, -0.2) is 23.1 Å². The molecule has 2 aliphatic rings. The third-order valence-corrected chi connectivity index (χ3v) is 2.79. The molecule has 2 fully saturated rings. The van der Waals surface area contributed by atoms with E-state index in [9.17, 15) is 0 Å². The van der Waals surface area contributed by atoms with E-state index in [1.807, 2.05) is 0 Å². The molecule has 3 heteroatoms. The number of fused-ring (bicyclic) bond motifs is 1. The highest BCUT2D eigenvalue weighted by Gasteiger charge is 2.52. The van der Waals surface area contributed by atoms with Crippen molar-refractivity contribution in [3.63, 3.8) is 0 Å². The molecule has 0 amide bonds. The van der Waals surface area contributed by atoms with Gasteiger partial charge in [-0.05, 0) is 11.8 Å². The topological polar surface area (TPSA) is 29.3 Å². The van der Waals surface area contributed by atoms with Crippen LogP contribution in [0, 0.1) is 11.8 Å². The Kier molecular flexibility index (Phi) is 0.951. The van der Waals surface area contributed by atoms with Crippen LogP contribution in [0.25, 0.3) is 0 Å². The summed E-state index contributed by atoms with van der Waals surface area (Å²) in [6.07, 6.45) is 0. The van der Waals surface area contributed by atoms with Crippen molar-refractivity contribution in [1.82, 2.24) is 3.93 Å². The molecule has 1 aliphatic heterocycles. The molecule has 1 saturated carbocycles. The molecule has 1 heterocycles. The Labute approximate surface area is 57.4 Å². The molecule has 1 unspecified atom stereocenters. The minimum Gasteiger partial charge on any atom is -0.327 e. The molecule has 2 rings (SSSR count). The number of nitrogens with two attached hydrogens (primary N) is 1. The largest absolute Gasteiger partial charge is 0.327 e. The lowest BCUT2D eigenvalue weighted by Gasteiger charge is -2.06. The summed E-state index contributed by atoms with van der Waals surface area (Å²) in [6, 6.07) is 0.531. The molecule has 46 valence electrons. The van der Waals surface area contributed by atoms with Crippen molar-refractivity contribution < 1.29 is 0 Å². The third-order valence-electron chi connectivity index (χ3n) is 2.22. The predicted molar refractivity (Wildman–Crippen MR) is 35.5 cm³/mol. The minimum atomic E-state index is 0.531. The molecular formula is C5H9BrN2. The average molecular weight is 177 g/mol. The van der Waals surface area contributed by atoms with Crippen molar-refractivity contribution >= 4 is 16.1 Å². The summed E-state index contributed by atoms with van der Waals surface area (Å²) < 4.78 is 2.17. The summed E-state index contributed by atoms with van der Waals surface area (Å²) in [7, 11) is 0. The zero-order valence-electron chi connectivity index (χ0n) is 4.55. The number of nitrogens with zero attached hydrogens (tertiary/aromatic N) is 1. The van der Waals surface area contributed by atoms with Crippen LogP contribution in [0.2, 0.25) is 0 Å². The Morgan fingerprint density at radius 1 is 1.38 bits per heavy atom. The normalized spacial score (nSPS) is 54.0. The van der Waals surface area contributed by atoms with Gasteiger partial charge in [-0.1, -0.05) is 0 Å². The van der Waals surface area contributed by atoms with Crippen LogP contribution >= 0.6 is 16.1 Å². The second-order valence-electron chi connectivity index (χ2n) is 2.73. The third kappa shape index (κ3) is 0.551. The first kappa shape index (κ1) is 5.21. The Morgan fingerprint density at radius 3 is 2.25 bits per heavy atom. The van der Waals surface area contributed by atoms with E-state index in [4.69, 9.17) is 5.73 Å². The highest BCUT2D eigenvalue weighted by atomic mass is 79.9. The lowest BCUT2D eigenvalue weighted by molar-refractivity contribution is 0.513. The molecule has 0 spiro atoms. The van der Waals surface area contributed by atoms with Gasteiger partial charge in [-0.3, -0.25) is 0 Å². The maximum absolute atomic E-state index is 5.69. The van der Waals surface area contributed by atoms with E-state index >= 15 is 0 Å². The fourth-order valence-electron chi connectivity index (χ4n) is 1.52. The van der Waals surface area contributed by atoms with E-state index in [0.717, 1.165) is 24.9 Å². The number of hydrogen-bond acceptors (Lipinski definition) is 2. The highest BCUT2D eigenvalue weighted by Crippen LogP contribution is 2.44. The molecular weight excluding hydrogens is 168 g/mol. The van der Waals surface area contributed by atoms with Crippen molar-refractivity contribution in [2.75, 3.05) is 13.1 Å². The van der Waals surface area contributed by atoms with Crippen molar-refractivity contribution in [3.8, 4) is 0 Å². The van der Waals surface area contributed by atoms with Gasteiger partial charge < -0.3 is 5.73 Å². The summed E-state index contributed by atoms with van der Waals surface area (Å²) >= 11 is 3.41. The van der Waals surface area contributed by atoms with Crippen molar-refractivity contribution in [1.29, 1.82) is 0 Å². The van der Waals surface area contributed by atoms with Crippen LogP contribution in [0.4, 0.5) is 0 Å². The van der Waals surface area contributed by atoms with Gasteiger partial charge in [-0.2, -0.15) is 0 Å². The van der Waals surface area contributed by atoms with Gasteiger partial charge in [0.25, 0.3) is 0 Å². The van der Waals surface area contributed by atoms with Crippen LogP contribution < -0.4 is 5.73 Å². The molecule has 1 saturated heterocycles. The number of rotatable bonds is 0. The van der Waals surface area contributed by atoms with E-state index in [2.05, 4.69) is 20.1 Å². The van der Waals surface area contributed by atoms with Crippen LogP contribution in [0.1, 0.15) is 0 Å². The molecule has 0 aromatic rings. The molecule has 0 aromatic carbocycles. The van der Waals surface area contributed by atoms with E-state index in [0.29, 0.717) is 6.04 Å². The number of piperidine rings is 1. The van der Waals surface area contributed by atoms with Crippen LogP contribution in [0.15, 0.2) is 0 Å². The van der Waals surface area contributed by atoms with Gasteiger partial charge in [0.1, 0.15) is 0 Å². The second kappa shape index (κ2) is 1.46. The molecule has 2 N–H and O–H groups in total. The molecule has 8 heavy (non-hydrogen) atoms. The Balaban J connectivity index is 2.00. The van der Waals surface area contributed by atoms with Crippen molar-refractivity contribution in [3.05, 3.63) is 0 Å². The van der Waals surface area contributed by atoms with Crippen LogP contribution in [0.5, 0.6) is 0 Å². The summed E-state index contributed by atoms with van der Waals surface area (Å²) in [5, 5.41) is 0. The van der Waals surface area contributed by atoms with Crippen LogP contribution in [0.3, 0.4) is 0 Å². The summed E-state index contributed by atoms with van der Waals surface area (Å²) in [4.78, 5) is 0. The first-order valence-electron chi connectivity index (χ1n) is 2.95. The maximum Gasteiger partial charge on any atom is 0.0139 e. The van der Waals surface area contributed by atoms with E-state index in [1.165, 1.54) is 0 Å². The van der Waals surface area contributed by atoms with Gasteiger partial charge in [0.2, 0.25) is 0 Å². The lowest BCUT2D eigenvalue weighted by atomic mass is 10.4. The van der Waals surface area contributed by atoms with Gasteiger partial charge in [-0.15, -0.1) is 0 Å². The first-order valence-corrected chi connectivity index (χ1v) is 3.66. The molecule has 0 bridgehead atoms. The smallest absolute Gasteiger partial charge is 0.0139 e. The summed E-state index contributed by atoms with van der Waals surface area (Å²) in [5.41, 5.74) is 5.69. The number of halogens is 1. The zero-order chi connectivity index (χ0) is 5.72. The quantitative estimate of drug-likeness (QED) is 0.535. The Bertz CT molecular complexity index is 105. The summed E-state index contributed by atoms with van der Waals surface area (Å²) in [5.74, 6) is 1.63. The predicted octanol–water partition coefficient (Wildman–Crippen LogP) is 0.185. The SMILES string of the molecule is NC1[C@H]2CN(Br)C[C@@H]12. The van der Waals surface area contributed by atoms with E-state index < -0.39 is 0 Å². The average Bonchev–Trinajstić information content (AvgIpc) is 2.29. The van der Waals surface area contributed by atoms with Gasteiger partial charge in [0, 0.05) is 35.3 Å². The summed E-state index contributed by atoms with van der Waals surface area (Å²) in [6.45, 7) is 2.32. The monoisotopic (exact) mass is 176 g/mol. The zero-order valence-corrected chi connectivity index (χ0v) is 6.13. The van der Waals surface area contributed by atoms with Gasteiger partial charge in [0.15, 0.2) is 0 Å². The van der Waals surface area contributed by atoms with Crippen LogP contribution in [-0.2, 0) is 0 Å². The fourth-order valence-corrected chi connectivity index (χ4v) is 2.19. The lowest BCUT2D eigenvalue weighted by Crippen LogP contribution is -2.19. The van der Waals surface area contributed by atoms with E-state index in [-0.39, 0.29) is 0 Å². The Hall–Kier alpha value is 0.400. The number of hydrogen-bond donors (Lipinski definition) is 1. The minimum absolute atomic E-state index is 0.531. The van der Waals surface area contributed by atoms with Gasteiger partial charge in [-0.25, -0.2) is 3.93 Å². The standard InChI is InChI=1S/C5H9BrN2/c6-8-1-3-4(2-8)5(3)7/h3-5H,1-2,7H2/t3-,4+,5?. The highest BCUT2D eigenvalue weighted by molar-refractivity contribution is 9.07. The molecule has 2 nitrogen and oxygen atoms in total. The first-order chi connectivity index (χ1) is 3.79.